The first-order valence-electron chi connectivity index (χ1n) is 4.57. The van der Waals surface area contributed by atoms with Crippen LogP contribution in [0.25, 0.3) is 0 Å². The maximum Gasteiger partial charge on any atom is 0.317 e. The fourth-order valence-electron chi connectivity index (χ4n) is 1.06. The monoisotopic (exact) mass is 189 g/mol. The average molecular weight is 189 g/mol. The van der Waals surface area contributed by atoms with Gasteiger partial charge in [-0.05, 0) is 19.9 Å². The summed E-state index contributed by atoms with van der Waals surface area (Å²) in [6, 6.07) is 0. The standard InChI is InChI=1S/C9H19NO3/c1-4-9(3,13)7-10(5-2)6-8(11)12/h13H,4-7H2,1-3H3,(H,11,12). The lowest BCUT2D eigenvalue weighted by molar-refractivity contribution is -0.139. The summed E-state index contributed by atoms with van der Waals surface area (Å²) in [7, 11) is 0. The number of carboxylic acid groups (broad SMARTS) is 1. The van der Waals surface area contributed by atoms with Gasteiger partial charge in [-0.15, -0.1) is 0 Å². The highest BCUT2D eigenvalue weighted by molar-refractivity contribution is 5.69. The number of carboxylic acids is 1. The first kappa shape index (κ1) is 12.4. The molecule has 2 N–H and O–H groups in total. The van der Waals surface area contributed by atoms with Gasteiger partial charge in [0.15, 0.2) is 0 Å². The molecular formula is C9H19NO3. The van der Waals surface area contributed by atoms with Gasteiger partial charge in [0.2, 0.25) is 0 Å². The number of likely N-dealkylation sites (N-methyl/N-ethyl adjacent to an activating group) is 1. The summed E-state index contributed by atoms with van der Waals surface area (Å²) >= 11 is 0. The van der Waals surface area contributed by atoms with E-state index >= 15 is 0 Å². The van der Waals surface area contributed by atoms with Crippen LogP contribution >= 0.6 is 0 Å². The lowest BCUT2D eigenvalue weighted by atomic mass is 10.0. The molecule has 0 aliphatic carbocycles. The summed E-state index contributed by atoms with van der Waals surface area (Å²) < 4.78 is 0. The molecule has 0 radical (unpaired) electrons. The predicted molar refractivity (Wildman–Crippen MR) is 50.7 cm³/mol. The van der Waals surface area contributed by atoms with Crippen molar-refractivity contribution in [2.45, 2.75) is 32.8 Å². The van der Waals surface area contributed by atoms with Crippen molar-refractivity contribution in [1.29, 1.82) is 0 Å². The molecule has 0 aromatic heterocycles. The number of carbonyl (C=O) groups is 1. The zero-order valence-corrected chi connectivity index (χ0v) is 8.58. The van der Waals surface area contributed by atoms with Gasteiger partial charge >= 0.3 is 5.97 Å². The van der Waals surface area contributed by atoms with Crippen molar-refractivity contribution in [3.63, 3.8) is 0 Å². The van der Waals surface area contributed by atoms with Crippen LogP contribution in [0.15, 0.2) is 0 Å². The molecule has 0 saturated heterocycles. The Balaban J connectivity index is 4.04. The van der Waals surface area contributed by atoms with Crippen LogP contribution < -0.4 is 0 Å². The molecule has 13 heavy (non-hydrogen) atoms. The van der Waals surface area contributed by atoms with Crippen molar-refractivity contribution in [3.8, 4) is 0 Å². The molecule has 1 atom stereocenters. The number of nitrogens with zero attached hydrogens (tertiary/aromatic N) is 1. The summed E-state index contributed by atoms with van der Waals surface area (Å²) in [6.07, 6.45) is 0.628. The smallest absolute Gasteiger partial charge is 0.317 e. The van der Waals surface area contributed by atoms with Crippen molar-refractivity contribution >= 4 is 5.97 Å². The molecule has 0 bridgehead atoms. The Morgan fingerprint density at radius 3 is 2.31 bits per heavy atom. The zero-order valence-electron chi connectivity index (χ0n) is 8.58. The molecule has 1 unspecified atom stereocenters. The van der Waals surface area contributed by atoms with Crippen LogP contribution in [-0.4, -0.2) is 46.3 Å². The van der Waals surface area contributed by atoms with Crippen molar-refractivity contribution in [3.05, 3.63) is 0 Å². The highest BCUT2D eigenvalue weighted by Gasteiger charge is 2.21. The van der Waals surface area contributed by atoms with Gasteiger partial charge in [0.05, 0.1) is 12.1 Å². The van der Waals surface area contributed by atoms with Crippen LogP contribution in [-0.2, 0) is 4.79 Å². The minimum Gasteiger partial charge on any atom is -0.480 e. The van der Waals surface area contributed by atoms with Gasteiger partial charge in [-0.25, -0.2) is 0 Å². The third-order valence-corrected chi connectivity index (χ3v) is 2.13. The Bertz CT molecular complexity index is 168. The second-order valence-electron chi connectivity index (χ2n) is 3.55. The van der Waals surface area contributed by atoms with E-state index in [9.17, 15) is 9.90 Å². The fourth-order valence-corrected chi connectivity index (χ4v) is 1.06. The molecule has 0 amide bonds. The van der Waals surface area contributed by atoms with Crippen LogP contribution in [0.3, 0.4) is 0 Å². The Kier molecular flexibility index (Phi) is 4.95. The number of aliphatic carboxylic acids is 1. The molecule has 0 saturated carbocycles. The third kappa shape index (κ3) is 5.60. The lowest BCUT2D eigenvalue weighted by Crippen LogP contribution is -2.42. The van der Waals surface area contributed by atoms with Gasteiger partial charge in [-0.3, -0.25) is 9.69 Å². The van der Waals surface area contributed by atoms with E-state index in [2.05, 4.69) is 0 Å². The quantitative estimate of drug-likeness (QED) is 0.640. The van der Waals surface area contributed by atoms with Gasteiger partial charge in [-0.1, -0.05) is 13.8 Å². The lowest BCUT2D eigenvalue weighted by Gasteiger charge is -2.28. The van der Waals surface area contributed by atoms with Gasteiger partial charge in [-0.2, -0.15) is 0 Å². The molecule has 0 heterocycles. The van der Waals surface area contributed by atoms with E-state index in [0.29, 0.717) is 19.5 Å². The van der Waals surface area contributed by atoms with Crippen LogP contribution in [0.4, 0.5) is 0 Å². The summed E-state index contributed by atoms with van der Waals surface area (Å²) in [5.41, 5.74) is -0.786. The van der Waals surface area contributed by atoms with Crippen LogP contribution in [0.1, 0.15) is 27.2 Å². The molecule has 0 spiro atoms. The van der Waals surface area contributed by atoms with Crippen molar-refractivity contribution < 1.29 is 15.0 Å². The van der Waals surface area contributed by atoms with Crippen LogP contribution in [0, 0.1) is 0 Å². The van der Waals surface area contributed by atoms with E-state index in [4.69, 9.17) is 5.11 Å². The molecular weight excluding hydrogens is 170 g/mol. The van der Waals surface area contributed by atoms with E-state index in [-0.39, 0.29) is 6.54 Å². The van der Waals surface area contributed by atoms with E-state index in [0.717, 1.165) is 0 Å². The van der Waals surface area contributed by atoms with Gasteiger partial charge in [0.1, 0.15) is 0 Å². The van der Waals surface area contributed by atoms with Crippen LogP contribution in [0.5, 0.6) is 0 Å². The molecule has 0 aliphatic rings. The van der Waals surface area contributed by atoms with Crippen molar-refractivity contribution in [2.75, 3.05) is 19.6 Å². The molecule has 0 aliphatic heterocycles. The Hall–Kier alpha value is -0.610. The summed E-state index contributed by atoms with van der Waals surface area (Å²) in [5, 5.41) is 18.3. The minimum absolute atomic E-state index is 0.00729. The van der Waals surface area contributed by atoms with Gasteiger partial charge in [0, 0.05) is 6.54 Å². The van der Waals surface area contributed by atoms with Gasteiger partial charge in [0.25, 0.3) is 0 Å². The maximum absolute atomic E-state index is 10.4. The molecule has 0 fully saturated rings. The molecule has 0 rings (SSSR count). The number of hydrogen-bond donors (Lipinski definition) is 2. The molecule has 4 heteroatoms. The maximum atomic E-state index is 10.4. The molecule has 78 valence electrons. The normalized spacial score (nSPS) is 15.8. The fraction of sp³-hybridized carbons (Fsp3) is 0.889. The van der Waals surface area contributed by atoms with Crippen molar-refractivity contribution in [2.24, 2.45) is 0 Å². The SMILES string of the molecule is CCN(CC(=O)O)CC(C)(O)CC. The Morgan fingerprint density at radius 1 is 1.46 bits per heavy atom. The van der Waals surface area contributed by atoms with Gasteiger partial charge < -0.3 is 10.2 Å². The second-order valence-corrected chi connectivity index (χ2v) is 3.55. The van der Waals surface area contributed by atoms with Crippen LogP contribution in [0.2, 0.25) is 0 Å². The zero-order chi connectivity index (χ0) is 10.5. The summed E-state index contributed by atoms with van der Waals surface area (Å²) in [5.74, 6) is -0.853. The summed E-state index contributed by atoms with van der Waals surface area (Å²) in [6.45, 7) is 6.53. The van der Waals surface area contributed by atoms with E-state index in [1.54, 1.807) is 11.8 Å². The third-order valence-electron chi connectivity index (χ3n) is 2.13. The molecule has 0 aromatic rings. The summed E-state index contributed by atoms with van der Waals surface area (Å²) in [4.78, 5) is 12.1. The first-order valence-corrected chi connectivity index (χ1v) is 4.57. The van der Waals surface area contributed by atoms with E-state index < -0.39 is 11.6 Å². The largest absolute Gasteiger partial charge is 0.480 e. The predicted octanol–water partition coefficient (Wildman–Crippen LogP) is 0.554. The number of aliphatic hydroxyl groups is 1. The second kappa shape index (κ2) is 5.19. The average Bonchev–Trinajstić information content (AvgIpc) is 2.02. The highest BCUT2D eigenvalue weighted by atomic mass is 16.4. The number of rotatable bonds is 6. The topological polar surface area (TPSA) is 60.8 Å². The highest BCUT2D eigenvalue weighted by Crippen LogP contribution is 2.10. The Morgan fingerprint density at radius 2 is 2.00 bits per heavy atom. The van der Waals surface area contributed by atoms with E-state index in [1.807, 2.05) is 13.8 Å². The molecule has 4 nitrogen and oxygen atoms in total. The first-order chi connectivity index (χ1) is 5.91. The Labute approximate surface area is 79.2 Å². The minimum atomic E-state index is -0.853. The van der Waals surface area contributed by atoms with Crippen molar-refractivity contribution in [1.82, 2.24) is 4.90 Å². The molecule has 0 aromatic carbocycles. The number of hydrogen-bond acceptors (Lipinski definition) is 3. The van der Waals surface area contributed by atoms with E-state index in [1.165, 1.54) is 0 Å².